The van der Waals surface area contributed by atoms with Crippen LogP contribution in [0.1, 0.15) is 33.1 Å². The third-order valence-electron chi connectivity index (χ3n) is 2.70. The minimum Gasteiger partial charge on any atom is -0.381 e. The van der Waals surface area contributed by atoms with Gasteiger partial charge in [0.05, 0.1) is 6.61 Å². The monoisotopic (exact) mass is 214 g/mol. The Hall–Kier alpha value is -0.410. The fourth-order valence-electron chi connectivity index (χ4n) is 1.67. The van der Waals surface area contributed by atoms with Crippen molar-refractivity contribution in [3.8, 4) is 0 Å². The van der Waals surface area contributed by atoms with Crippen LogP contribution in [0.4, 0.5) is 0 Å². The molecule has 1 unspecified atom stereocenters. The Morgan fingerprint density at radius 3 is 2.93 bits per heavy atom. The van der Waals surface area contributed by atoms with E-state index in [0.717, 1.165) is 19.4 Å². The number of ether oxygens (including phenoxy) is 2. The normalized spacial score (nSPS) is 21.1. The quantitative estimate of drug-likeness (QED) is 0.608. The molecule has 0 aromatic carbocycles. The highest BCUT2D eigenvalue weighted by molar-refractivity contribution is 5.82. The third-order valence-corrected chi connectivity index (χ3v) is 2.70. The highest BCUT2D eigenvalue weighted by Gasteiger charge is 2.22. The lowest BCUT2D eigenvalue weighted by atomic mass is 10.0. The molecule has 0 aliphatic carbocycles. The van der Waals surface area contributed by atoms with Gasteiger partial charge in [-0.15, -0.1) is 0 Å². The molecule has 0 radical (unpaired) electrons. The van der Waals surface area contributed by atoms with Gasteiger partial charge < -0.3 is 9.47 Å². The average molecular weight is 214 g/mol. The maximum absolute atomic E-state index is 11.5. The summed E-state index contributed by atoms with van der Waals surface area (Å²) < 4.78 is 10.5. The Morgan fingerprint density at radius 1 is 1.53 bits per heavy atom. The van der Waals surface area contributed by atoms with Crippen molar-refractivity contribution in [1.82, 2.24) is 0 Å². The minimum absolute atomic E-state index is 0.0927. The first-order valence-corrected chi connectivity index (χ1v) is 5.88. The first-order valence-electron chi connectivity index (χ1n) is 5.88. The van der Waals surface area contributed by atoms with Gasteiger partial charge in [-0.25, -0.2) is 0 Å². The van der Waals surface area contributed by atoms with Crippen LogP contribution in [0.15, 0.2) is 0 Å². The summed E-state index contributed by atoms with van der Waals surface area (Å²) in [6, 6.07) is 0. The second-order valence-corrected chi connectivity index (χ2v) is 4.62. The van der Waals surface area contributed by atoms with Crippen molar-refractivity contribution in [2.75, 3.05) is 26.4 Å². The highest BCUT2D eigenvalue weighted by Crippen LogP contribution is 2.13. The van der Waals surface area contributed by atoms with Gasteiger partial charge in [-0.1, -0.05) is 13.8 Å². The molecule has 0 amide bonds. The number of Topliss-reactive ketones (excluding diaryl/α,β-unsaturated/α-hetero) is 1. The zero-order valence-corrected chi connectivity index (χ0v) is 9.83. The van der Waals surface area contributed by atoms with E-state index >= 15 is 0 Å². The second kappa shape index (κ2) is 6.96. The molecule has 0 N–H and O–H groups in total. The van der Waals surface area contributed by atoms with E-state index in [1.54, 1.807) is 0 Å². The summed E-state index contributed by atoms with van der Waals surface area (Å²) in [5, 5.41) is 0. The summed E-state index contributed by atoms with van der Waals surface area (Å²) in [5.74, 6) is 1.01. The van der Waals surface area contributed by atoms with Crippen molar-refractivity contribution >= 4 is 5.78 Å². The van der Waals surface area contributed by atoms with Crippen LogP contribution in [0.2, 0.25) is 0 Å². The topological polar surface area (TPSA) is 35.5 Å². The molecule has 1 aliphatic rings. The molecule has 1 heterocycles. The van der Waals surface area contributed by atoms with Crippen LogP contribution in [0.25, 0.3) is 0 Å². The lowest BCUT2D eigenvalue weighted by Crippen LogP contribution is -2.20. The Labute approximate surface area is 92.1 Å². The smallest absolute Gasteiger partial charge is 0.163 e. The molecular formula is C12H22O3. The van der Waals surface area contributed by atoms with E-state index in [2.05, 4.69) is 13.8 Å². The zero-order chi connectivity index (χ0) is 11.1. The third kappa shape index (κ3) is 5.28. The maximum Gasteiger partial charge on any atom is 0.163 e. The Balaban J connectivity index is 1.97. The largest absolute Gasteiger partial charge is 0.381 e. The molecule has 0 aromatic heterocycles. The first-order chi connectivity index (χ1) is 7.20. The van der Waals surface area contributed by atoms with Gasteiger partial charge in [0.25, 0.3) is 0 Å². The predicted molar refractivity (Wildman–Crippen MR) is 58.8 cm³/mol. The summed E-state index contributed by atoms with van der Waals surface area (Å²) >= 11 is 0. The summed E-state index contributed by atoms with van der Waals surface area (Å²) in [7, 11) is 0. The molecule has 1 rings (SSSR count). The van der Waals surface area contributed by atoms with Crippen LogP contribution in [0.5, 0.6) is 0 Å². The number of carbonyl (C=O) groups is 1. The lowest BCUT2D eigenvalue weighted by Gasteiger charge is -2.08. The van der Waals surface area contributed by atoms with Crippen molar-refractivity contribution in [2.24, 2.45) is 11.8 Å². The van der Waals surface area contributed by atoms with Gasteiger partial charge in [-0.3, -0.25) is 4.79 Å². The zero-order valence-electron chi connectivity index (χ0n) is 9.83. The number of ketones is 1. The fraction of sp³-hybridized carbons (Fsp3) is 0.917. The van der Waals surface area contributed by atoms with E-state index < -0.39 is 0 Å². The van der Waals surface area contributed by atoms with Gasteiger partial charge in [-0.2, -0.15) is 0 Å². The number of hydrogen-bond donors (Lipinski definition) is 0. The molecule has 0 bridgehead atoms. The molecule has 3 nitrogen and oxygen atoms in total. The summed E-state index contributed by atoms with van der Waals surface area (Å²) in [6.45, 7) is 6.68. The van der Waals surface area contributed by atoms with Gasteiger partial charge in [0.2, 0.25) is 0 Å². The Bertz CT molecular complexity index is 183. The standard InChI is InChI=1S/C12H22O3/c1-10(2)4-3-6-14-9-12(13)11-5-7-15-8-11/h10-11H,3-9H2,1-2H3. The van der Waals surface area contributed by atoms with E-state index in [1.165, 1.54) is 6.42 Å². The molecular weight excluding hydrogens is 192 g/mol. The number of rotatable bonds is 7. The van der Waals surface area contributed by atoms with Crippen LogP contribution in [0, 0.1) is 11.8 Å². The molecule has 88 valence electrons. The van der Waals surface area contributed by atoms with Crippen LogP contribution < -0.4 is 0 Å². The van der Waals surface area contributed by atoms with Crippen LogP contribution in [-0.4, -0.2) is 32.2 Å². The summed E-state index contributed by atoms with van der Waals surface area (Å²) in [5.41, 5.74) is 0. The van der Waals surface area contributed by atoms with Gasteiger partial charge in [0.1, 0.15) is 6.61 Å². The van der Waals surface area contributed by atoms with Crippen molar-refractivity contribution in [1.29, 1.82) is 0 Å². The van der Waals surface area contributed by atoms with Gasteiger partial charge in [-0.05, 0) is 25.2 Å². The van der Waals surface area contributed by atoms with Gasteiger partial charge >= 0.3 is 0 Å². The number of hydrogen-bond acceptors (Lipinski definition) is 3. The molecule has 1 fully saturated rings. The van der Waals surface area contributed by atoms with Crippen molar-refractivity contribution < 1.29 is 14.3 Å². The fourth-order valence-corrected chi connectivity index (χ4v) is 1.67. The van der Waals surface area contributed by atoms with Crippen LogP contribution >= 0.6 is 0 Å². The number of carbonyl (C=O) groups excluding carboxylic acids is 1. The van der Waals surface area contributed by atoms with Crippen LogP contribution in [0.3, 0.4) is 0 Å². The van der Waals surface area contributed by atoms with Gasteiger partial charge in [0.15, 0.2) is 5.78 Å². The minimum atomic E-state index is 0.0927. The van der Waals surface area contributed by atoms with Gasteiger partial charge in [0, 0.05) is 19.1 Å². The average Bonchev–Trinajstić information content (AvgIpc) is 2.69. The summed E-state index contributed by atoms with van der Waals surface area (Å²) in [6.07, 6.45) is 3.08. The van der Waals surface area contributed by atoms with E-state index in [1.807, 2.05) is 0 Å². The molecule has 1 aliphatic heterocycles. The molecule has 15 heavy (non-hydrogen) atoms. The van der Waals surface area contributed by atoms with Crippen molar-refractivity contribution in [2.45, 2.75) is 33.1 Å². The van der Waals surface area contributed by atoms with Crippen LogP contribution in [-0.2, 0) is 14.3 Å². The molecule has 0 spiro atoms. The molecule has 1 saturated heterocycles. The Morgan fingerprint density at radius 2 is 2.33 bits per heavy atom. The molecule has 0 aromatic rings. The predicted octanol–water partition coefficient (Wildman–Crippen LogP) is 2.04. The first kappa shape index (κ1) is 12.7. The van der Waals surface area contributed by atoms with E-state index in [-0.39, 0.29) is 18.3 Å². The second-order valence-electron chi connectivity index (χ2n) is 4.62. The molecule has 3 heteroatoms. The van der Waals surface area contributed by atoms with Crippen molar-refractivity contribution in [3.05, 3.63) is 0 Å². The summed E-state index contributed by atoms with van der Waals surface area (Å²) in [4.78, 5) is 11.5. The SMILES string of the molecule is CC(C)CCCOCC(=O)C1CCOC1. The Kier molecular flexibility index (Phi) is 5.88. The maximum atomic E-state index is 11.5. The van der Waals surface area contributed by atoms with E-state index in [9.17, 15) is 4.79 Å². The molecule has 1 atom stereocenters. The van der Waals surface area contributed by atoms with Crippen molar-refractivity contribution in [3.63, 3.8) is 0 Å². The molecule has 0 saturated carbocycles. The highest BCUT2D eigenvalue weighted by atomic mass is 16.5. The lowest BCUT2D eigenvalue weighted by molar-refractivity contribution is -0.127. The van der Waals surface area contributed by atoms with E-state index in [0.29, 0.717) is 19.1 Å². The van der Waals surface area contributed by atoms with E-state index in [4.69, 9.17) is 9.47 Å².